The predicted octanol–water partition coefficient (Wildman–Crippen LogP) is 1.92. The van der Waals surface area contributed by atoms with Crippen molar-refractivity contribution in [3.8, 4) is 11.6 Å². The van der Waals surface area contributed by atoms with E-state index >= 15 is 0 Å². The van der Waals surface area contributed by atoms with Crippen molar-refractivity contribution in [2.75, 3.05) is 33.8 Å². The molecule has 3 atom stereocenters. The van der Waals surface area contributed by atoms with Crippen LogP contribution in [0.5, 0.6) is 0 Å². The summed E-state index contributed by atoms with van der Waals surface area (Å²) < 4.78 is 8.23. The first-order chi connectivity index (χ1) is 14.1. The number of carbonyl (C=O) groups is 1. The number of para-hydroxylation sites is 2. The summed E-state index contributed by atoms with van der Waals surface area (Å²) in [7, 11) is 3.58. The Morgan fingerprint density at radius 3 is 2.97 bits per heavy atom. The van der Waals surface area contributed by atoms with Crippen molar-refractivity contribution in [2.24, 2.45) is 0 Å². The zero-order valence-corrected chi connectivity index (χ0v) is 16.8. The molecule has 0 saturated carbocycles. The molecule has 1 N–H and O–H groups in total. The summed E-state index contributed by atoms with van der Waals surface area (Å²) in [4.78, 5) is 28.8. The Morgan fingerprint density at radius 2 is 2.14 bits per heavy atom. The number of ether oxygens (including phenoxy) is 1. The van der Waals surface area contributed by atoms with Crippen LogP contribution in [0.1, 0.15) is 18.9 Å². The number of morpholine rings is 1. The molecule has 0 radical (unpaired) electrons. The van der Waals surface area contributed by atoms with Gasteiger partial charge in [-0.2, -0.15) is 0 Å². The number of fused-ring (bicyclic) bond motifs is 2. The Bertz CT molecular complexity index is 992. The highest BCUT2D eigenvalue weighted by molar-refractivity contribution is 5.78. The van der Waals surface area contributed by atoms with Crippen LogP contribution >= 0.6 is 0 Å². The number of hydrogen-bond acceptors (Lipinski definition) is 5. The Labute approximate surface area is 169 Å². The van der Waals surface area contributed by atoms with Gasteiger partial charge >= 0.3 is 0 Å². The van der Waals surface area contributed by atoms with Gasteiger partial charge in [-0.1, -0.05) is 12.1 Å². The lowest BCUT2D eigenvalue weighted by molar-refractivity contribution is -0.134. The second-order valence-corrected chi connectivity index (χ2v) is 8.21. The Balaban J connectivity index is 1.33. The molecule has 0 bridgehead atoms. The van der Waals surface area contributed by atoms with Gasteiger partial charge in [0.25, 0.3) is 0 Å². The van der Waals surface area contributed by atoms with Gasteiger partial charge in [-0.3, -0.25) is 9.69 Å². The fourth-order valence-corrected chi connectivity index (χ4v) is 4.47. The van der Waals surface area contributed by atoms with Crippen LogP contribution < -0.4 is 0 Å². The predicted molar refractivity (Wildman–Crippen MR) is 109 cm³/mol. The molecular formula is C21H26N6O2. The van der Waals surface area contributed by atoms with E-state index in [0.29, 0.717) is 25.1 Å². The molecule has 4 heterocycles. The zero-order chi connectivity index (χ0) is 20.0. The Kier molecular flexibility index (Phi) is 4.60. The van der Waals surface area contributed by atoms with Crippen molar-refractivity contribution >= 4 is 16.9 Å². The van der Waals surface area contributed by atoms with Crippen LogP contribution in [0.3, 0.4) is 0 Å². The number of benzene rings is 1. The standard InChI is InChI=1S/C21H26N6O2/c1-25(2)19(28)10-16-12-26-11-14(9-15(26)13-29-16)27-8-7-22-21(27)20-23-17-5-3-4-6-18(17)24-20/h3-8,14-16H,9-13H2,1-2H3,(H,23,24)/t14-,15+,16+/m1/s1. The summed E-state index contributed by atoms with van der Waals surface area (Å²) in [5, 5.41) is 0. The van der Waals surface area contributed by atoms with E-state index < -0.39 is 0 Å². The molecule has 1 aromatic carbocycles. The topological polar surface area (TPSA) is 79.3 Å². The second-order valence-electron chi connectivity index (χ2n) is 8.21. The first-order valence-electron chi connectivity index (χ1n) is 10.1. The van der Waals surface area contributed by atoms with E-state index in [1.165, 1.54) is 0 Å². The molecule has 8 nitrogen and oxygen atoms in total. The van der Waals surface area contributed by atoms with Gasteiger partial charge in [0.1, 0.15) is 0 Å². The minimum atomic E-state index is -0.0301. The molecule has 0 aliphatic carbocycles. The van der Waals surface area contributed by atoms with E-state index in [9.17, 15) is 4.79 Å². The van der Waals surface area contributed by atoms with Gasteiger partial charge in [0.05, 0.1) is 30.2 Å². The monoisotopic (exact) mass is 394 g/mol. The van der Waals surface area contributed by atoms with Gasteiger partial charge in [-0.25, -0.2) is 9.97 Å². The van der Waals surface area contributed by atoms with Crippen molar-refractivity contribution in [3.05, 3.63) is 36.7 Å². The molecule has 3 aromatic rings. The van der Waals surface area contributed by atoms with Crippen LogP contribution in [0.2, 0.25) is 0 Å². The van der Waals surface area contributed by atoms with Gasteiger partial charge in [0.2, 0.25) is 5.91 Å². The molecule has 2 saturated heterocycles. The maximum absolute atomic E-state index is 12.0. The van der Waals surface area contributed by atoms with Crippen molar-refractivity contribution in [1.82, 2.24) is 29.3 Å². The third-order valence-electron chi connectivity index (χ3n) is 6.03. The Hall–Kier alpha value is -2.71. The lowest BCUT2D eigenvalue weighted by Gasteiger charge is -2.35. The van der Waals surface area contributed by atoms with Crippen LogP contribution in [-0.2, 0) is 9.53 Å². The van der Waals surface area contributed by atoms with Gasteiger partial charge in [0.15, 0.2) is 11.6 Å². The summed E-state index contributed by atoms with van der Waals surface area (Å²) in [6, 6.07) is 8.73. The molecular weight excluding hydrogens is 368 g/mol. The summed E-state index contributed by atoms with van der Waals surface area (Å²) in [6.07, 6.45) is 5.31. The van der Waals surface area contributed by atoms with E-state index in [1.54, 1.807) is 19.0 Å². The molecule has 8 heteroatoms. The summed E-state index contributed by atoms with van der Waals surface area (Å²) in [5.41, 5.74) is 1.96. The van der Waals surface area contributed by atoms with E-state index in [-0.39, 0.29) is 12.0 Å². The lowest BCUT2D eigenvalue weighted by atomic mass is 10.1. The molecule has 0 unspecified atom stereocenters. The smallest absolute Gasteiger partial charge is 0.224 e. The molecule has 2 aliphatic rings. The molecule has 5 rings (SSSR count). The molecule has 152 valence electrons. The fraction of sp³-hybridized carbons (Fsp3) is 0.476. The van der Waals surface area contributed by atoms with E-state index in [2.05, 4.69) is 19.4 Å². The number of aromatic amines is 1. The number of nitrogens with zero attached hydrogens (tertiary/aromatic N) is 5. The number of aromatic nitrogens is 4. The zero-order valence-electron chi connectivity index (χ0n) is 16.8. The van der Waals surface area contributed by atoms with Crippen molar-refractivity contribution < 1.29 is 9.53 Å². The number of rotatable bonds is 4. The molecule has 2 fully saturated rings. The maximum atomic E-state index is 12.0. The maximum Gasteiger partial charge on any atom is 0.224 e. The highest BCUT2D eigenvalue weighted by Crippen LogP contribution is 2.33. The largest absolute Gasteiger partial charge is 0.375 e. The van der Waals surface area contributed by atoms with Gasteiger partial charge in [-0.05, 0) is 18.6 Å². The SMILES string of the molecule is CN(C)C(=O)C[C@H]1CN2C[C@H](n3ccnc3-c3nc4ccccc4[nH]3)C[C@H]2CO1. The highest BCUT2D eigenvalue weighted by Gasteiger charge is 2.39. The minimum Gasteiger partial charge on any atom is -0.375 e. The summed E-state index contributed by atoms with van der Waals surface area (Å²) >= 11 is 0. The van der Waals surface area contributed by atoms with Crippen LogP contribution in [0.4, 0.5) is 0 Å². The lowest BCUT2D eigenvalue weighted by Crippen LogP contribution is -2.47. The number of nitrogens with one attached hydrogen (secondary N) is 1. The molecule has 2 aromatic heterocycles. The van der Waals surface area contributed by atoms with E-state index in [1.807, 2.05) is 36.7 Å². The first kappa shape index (κ1) is 18.3. The highest BCUT2D eigenvalue weighted by atomic mass is 16.5. The molecule has 1 amide bonds. The average molecular weight is 394 g/mol. The third-order valence-corrected chi connectivity index (χ3v) is 6.03. The first-order valence-corrected chi connectivity index (χ1v) is 10.1. The summed E-state index contributed by atoms with van der Waals surface area (Å²) in [5.74, 6) is 1.78. The van der Waals surface area contributed by atoms with Gasteiger partial charge in [-0.15, -0.1) is 0 Å². The van der Waals surface area contributed by atoms with E-state index in [4.69, 9.17) is 9.72 Å². The average Bonchev–Trinajstić information content (AvgIpc) is 3.43. The van der Waals surface area contributed by atoms with Crippen LogP contribution in [0.15, 0.2) is 36.7 Å². The number of H-pyrrole nitrogens is 1. The quantitative estimate of drug-likeness (QED) is 0.731. The van der Waals surface area contributed by atoms with Crippen molar-refractivity contribution in [2.45, 2.75) is 31.0 Å². The number of imidazole rings is 2. The Morgan fingerprint density at radius 1 is 1.28 bits per heavy atom. The van der Waals surface area contributed by atoms with Crippen LogP contribution in [0, 0.1) is 0 Å². The molecule has 0 spiro atoms. The van der Waals surface area contributed by atoms with Gasteiger partial charge < -0.3 is 19.2 Å². The molecule has 2 aliphatic heterocycles. The second kappa shape index (κ2) is 7.27. The molecule has 29 heavy (non-hydrogen) atoms. The van der Waals surface area contributed by atoms with Crippen molar-refractivity contribution in [1.29, 1.82) is 0 Å². The number of amides is 1. The van der Waals surface area contributed by atoms with Crippen molar-refractivity contribution in [3.63, 3.8) is 0 Å². The number of hydrogen-bond donors (Lipinski definition) is 1. The van der Waals surface area contributed by atoms with E-state index in [0.717, 1.165) is 42.2 Å². The normalized spacial score (nSPS) is 24.7. The van der Waals surface area contributed by atoms with Crippen LogP contribution in [0.25, 0.3) is 22.7 Å². The third kappa shape index (κ3) is 3.42. The van der Waals surface area contributed by atoms with Gasteiger partial charge in [0, 0.05) is 51.7 Å². The minimum absolute atomic E-state index is 0.0301. The fourth-order valence-electron chi connectivity index (χ4n) is 4.47. The summed E-state index contributed by atoms with van der Waals surface area (Å²) in [6.45, 7) is 2.41. The van der Waals surface area contributed by atoms with Crippen LogP contribution in [-0.4, -0.2) is 81.2 Å². The number of carbonyl (C=O) groups excluding carboxylic acids is 1.